The van der Waals surface area contributed by atoms with Crippen LogP contribution in [0.25, 0.3) is 11.2 Å². The lowest BCUT2D eigenvalue weighted by Gasteiger charge is -2.20. The highest BCUT2D eigenvalue weighted by Gasteiger charge is 2.45. The first-order valence-electron chi connectivity index (χ1n) is 11.1. The summed E-state index contributed by atoms with van der Waals surface area (Å²) in [5, 5.41) is 12.1. The number of nitrogens with zero attached hydrogens (tertiary/aromatic N) is 8. The molecule has 10 nitrogen and oxygen atoms in total. The van der Waals surface area contributed by atoms with Crippen molar-refractivity contribution < 1.29 is 8.91 Å². The highest BCUT2D eigenvalue weighted by Crippen LogP contribution is 2.46. The molecule has 1 aliphatic heterocycles. The number of piperidine rings is 1. The van der Waals surface area contributed by atoms with Crippen LogP contribution in [0.5, 0.6) is 0 Å². The van der Waals surface area contributed by atoms with Crippen LogP contribution in [-0.2, 0) is 13.6 Å². The molecule has 1 aliphatic carbocycles. The van der Waals surface area contributed by atoms with E-state index in [1.165, 1.54) is 29.7 Å². The first-order chi connectivity index (χ1) is 16.5. The topological polar surface area (TPSA) is 119 Å². The van der Waals surface area contributed by atoms with Crippen molar-refractivity contribution in [3.05, 3.63) is 64.8 Å². The van der Waals surface area contributed by atoms with E-state index < -0.39 is 0 Å². The largest absolute Gasteiger partial charge is 0.369 e. The van der Waals surface area contributed by atoms with Crippen LogP contribution >= 0.6 is 0 Å². The molecule has 0 spiro atoms. The van der Waals surface area contributed by atoms with E-state index in [1.54, 1.807) is 30.1 Å². The summed E-state index contributed by atoms with van der Waals surface area (Å²) in [7, 11) is 1.75. The zero-order valence-electron chi connectivity index (χ0n) is 19.2. The number of fused-ring (bicyclic) bond motifs is 2. The zero-order chi connectivity index (χ0) is 24.2. The lowest BCUT2D eigenvalue weighted by atomic mass is 10.2. The first kappa shape index (κ1) is 23.1. The maximum atomic E-state index is 13.6. The summed E-state index contributed by atoms with van der Waals surface area (Å²) in [5.41, 5.74) is 1.74. The fourth-order valence-electron chi connectivity index (χ4n) is 4.02. The Morgan fingerprint density at radius 3 is 2.56 bits per heavy atom. The van der Waals surface area contributed by atoms with E-state index in [1.807, 2.05) is 19.9 Å². The number of anilines is 1. The Morgan fingerprint density at radius 1 is 1.18 bits per heavy atom. The SMILES string of the molecule is CC.Cn1cnc2ncn(Cc3ncno3)c(=O)c21.N#Cc1ccc(N2CC3CC3C2)c(F)c1. The standard InChI is InChI=1S/C12H11FN2.C9H8N6O2.C2H6/c13-11-3-8(5-14)1-2-12(11)15-6-9-4-10(9)7-15;1-14-4-11-8-7(14)9(16)15(5-12-8)2-6-10-3-13-17-6;1-2/h1-3,9-10H,4,6-7H2;3-5H,2H2,1H3;1-2H3. The fourth-order valence-corrected chi connectivity index (χ4v) is 4.02. The average Bonchev–Trinajstić information content (AvgIpc) is 3.24. The maximum absolute atomic E-state index is 13.6. The molecule has 4 heterocycles. The van der Waals surface area contributed by atoms with Gasteiger partial charge in [0.1, 0.15) is 18.7 Å². The van der Waals surface area contributed by atoms with Gasteiger partial charge in [-0.1, -0.05) is 19.0 Å². The molecule has 176 valence electrons. The van der Waals surface area contributed by atoms with Gasteiger partial charge in [0, 0.05) is 20.1 Å². The van der Waals surface area contributed by atoms with E-state index in [9.17, 15) is 9.18 Å². The Balaban J connectivity index is 0.000000151. The number of nitriles is 1. The number of aromatic nitrogens is 6. The third-order valence-corrected chi connectivity index (χ3v) is 5.81. The predicted octanol–water partition coefficient (Wildman–Crippen LogP) is 2.74. The molecular formula is C23H25FN8O2. The van der Waals surface area contributed by atoms with Gasteiger partial charge in [-0.3, -0.25) is 9.36 Å². The lowest BCUT2D eigenvalue weighted by molar-refractivity contribution is 0.368. The van der Waals surface area contributed by atoms with Crippen LogP contribution in [0, 0.1) is 29.0 Å². The molecule has 2 atom stereocenters. The summed E-state index contributed by atoms with van der Waals surface area (Å²) in [5.74, 6) is 1.67. The van der Waals surface area contributed by atoms with Crippen LogP contribution in [0.1, 0.15) is 31.7 Å². The summed E-state index contributed by atoms with van der Waals surface area (Å²) in [6.07, 6.45) is 5.57. The van der Waals surface area contributed by atoms with Crippen LogP contribution in [0.15, 0.2) is 46.5 Å². The van der Waals surface area contributed by atoms with Gasteiger partial charge in [0.15, 0.2) is 17.5 Å². The van der Waals surface area contributed by atoms with E-state index in [2.05, 4.69) is 25.0 Å². The Bertz CT molecular complexity index is 1360. The molecule has 4 aromatic rings. The molecule has 1 saturated carbocycles. The fraction of sp³-hybridized carbons (Fsp3) is 0.391. The highest BCUT2D eigenvalue weighted by atomic mass is 19.1. The summed E-state index contributed by atoms with van der Waals surface area (Å²) in [4.78, 5) is 26.1. The van der Waals surface area contributed by atoms with Crippen molar-refractivity contribution in [3.8, 4) is 6.07 Å². The summed E-state index contributed by atoms with van der Waals surface area (Å²) >= 11 is 0. The number of imidazole rings is 1. The van der Waals surface area contributed by atoms with Crippen LogP contribution in [0.3, 0.4) is 0 Å². The van der Waals surface area contributed by atoms with Crippen LogP contribution < -0.4 is 10.5 Å². The van der Waals surface area contributed by atoms with Crippen molar-refractivity contribution in [2.24, 2.45) is 18.9 Å². The second kappa shape index (κ2) is 9.82. The van der Waals surface area contributed by atoms with E-state index >= 15 is 0 Å². The normalized spacial score (nSPS) is 17.8. The first-order valence-corrected chi connectivity index (χ1v) is 11.1. The van der Waals surface area contributed by atoms with Gasteiger partial charge in [0.2, 0.25) is 5.89 Å². The molecule has 0 radical (unpaired) electrons. The van der Waals surface area contributed by atoms with Crippen molar-refractivity contribution in [1.29, 1.82) is 5.26 Å². The molecule has 0 N–H and O–H groups in total. The van der Waals surface area contributed by atoms with Crippen molar-refractivity contribution in [1.82, 2.24) is 29.2 Å². The van der Waals surface area contributed by atoms with Gasteiger partial charge in [-0.25, -0.2) is 14.4 Å². The van der Waals surface area contributed by atoms with Gasteiger partial charge in [0.05, 0.1) is 23.6 Å². The molecule has 2 unspecified atom stereocenters. The van der Waals surface area contributed by atoms with Gasteiger partial charge in [-0.2, -0.15) is 10.2 Å². The second-order valence-electron chi connectivity index (χ2n) is 7.98. The molecule has 2 aliphatic rings. The minimum absolute atomic E-state index is 0.187. The monoisotopic (exact) mass is 464 g/mol. The predicted molar refractivity (Wildman–Crippen MR) is 122 cm³/mol. The summed E-state index contributed by atoms with van der Waals surface area (Å²) in [6.45, 7) is 6.16. The molecule has 34 heavy (non-hydrogen) atoms. The van der Waals surface area contributed by atoms with Gasteiger partial charge in [-0.05, 0) is 36.5 Å². The molecular weight excluding hydrogens is 439 g/mol. The maximum Gasteiger partial charge on any atom is 0.280 e. The van der Waals surface area contributed by atoms with Crippen molar-refractivity contribution in [2.45, 2.75) is 26.8 Å². The third-order valence-electron chi connectivity index (χ3n) is 5.81. The van der Waals surface area contributed by atoms with Gasteiger partial charge in [-0.15, -0.1) is 0 Å². The van der Waals surface area contributed by atoms with Crippen LogP contribution in [-0.4, -0.2) is 42.3 Å². The highest BCUT2D eigenvalue weighted by molar-refractivity contribution is 5.68. The third kappa shape index (κ3) is 4.66. The Morgan fingerprint density at radius 2 is 1.91 bits per heavy atom. The van der Waals surface area contributed by atoms with Crippen LogP contribution in [0.4, 0.5) is 10.1 Å². The Labute approximate surface area is 195 Å². The number of rotatable bonds is 3. The second-order valence-corrected chi connectivity index (χ2v) is 7.98. The molecule has 0 amide bonds. The molecule has 1 saturated heterocycles. The molecule has 11 heteroatoms. The molecule has 0 bridgehead atoms. The minimum Gasteiger partial charge on any atom is -0.369 e. The zero-order valence-corrected chi connectivity index (χ0v) is 19.2. The van der Waals surface area contributed by atoms with Gasteiger partial charge >= 0.3 is 0 Å². The molecule has 3 aromatic heterocycles. The van der Waals surface area contributed by atoms with Crippen molar-refractivity contribution >= 4 is 16.9 Å². The average molecular weight is 465 g/mol. The minimum atomic E-state index is -0.268. The van der Waals surface area contributed by atoms with Crippen molar-refractivity contribution in [2.75, 3.05) is 18.0 Å². The Kier molecular flexibility index (Phi) is 6.67. The number of halogens is 1. The smallest absolute Gasteiger partial charge is 0.280 e. The van der Waals surface area contributed by atoms with E-state index in [-0.39, 0.29) is 17.9 Å². The van der Waals surface area contributed by atoms with E-state index in [4.69, 9.17) is 9.78 Å². The number of hydrogen-bond donors (Lipinski definition) is 0. The van der Waals surface area contributed by atoms with E-state index in [0.29, 0.717) is 28.3 Å². The molecule has 6 rings (SSSR count). The summed E-state index contributed by atoms with van der Waals surface area (Å²) < 4.78 is 21.5. The summed E-state index contributed by atoms with van der Waals surface area (Å²) in [6, 6.07) is 6.67. The molecule has 2 fully saturated rings. The van der Waals surface area contributed by atoms with Crippen LogP contribution in [0.2, 0.25) is 0 Å². The van der Waals surface area contributed by atoms with E-state index in [0.717, 1.165) is 24.9 Å². The van der Waals surface area contributed by atoms with Crippen molar-refractivity contribution in [3.63, 3.8) is 0 Å². The molecule has 1 aromatic carbocycles. The number of hydrogen-bond acceptors (Lipinski definition) is 8. The number of benzene rings is 1. The Hall–Kier alpha value is -4.07. The number of aryl methyl sites for hydroxylation is 1. The lowest BCUT2D eigenvalue weighted by Crippen LogP contribution is -2.22. The van der Waals surface area contributed by atoms with Gasteiger partial charge < -0.3 is 14.0 Å². The van der Waals surface area contributed by atoms with Gasteiger partial charge in [0.25, 0.3) is 5.56 Å². The quantitative estimate of drug-likeness (QED) is 0.454.